The summed E-state index contributed by atoms with van der Waals surface area (Å²) in [7, 11) is 0. The monoisotopic (exact) mass is 252 g/mol. The van der Waals surface area contributed by atoms with Crippen LogP contribution in [0.2, 0.25) is 0 Å². The number of likely N-dealkylation sites (tertiary alicyclic amines) is 1. The minimum absolute atomic E-state index is 0.134. The fourth-order valence-electron chi connectivity index (χ4n) is 3.63. The lowest BCUT2D eigenvalue weighted by molar-refractivity contribution is -0.139. The molecule has 1 amide bonds. The molecule has 3 aliphatic rings. The SMILES string of the molecule is O=C(C1CCCOC1)N1CC[C@@H]2CNC[C@@H]2CC1. The predicted molar refractivity (Wildman–Crippen MR) is 69.2 cm³/mol. The summed E-state index contributed by atoms with van der Waals surface area (Å²) in [5, 5.41) is 3.48. The Morgan fingerprint density at radius 1 is 1.11 bits per heavy atom. The van der Waals surface area contributed by atoms with Crippen molar-refractivity contribution in [3.63, 3.8) is 0 Å². The number of hydrogen-bond donors (Lipinski definition) is 1. The van der Waals surface area contributed by atoms with E-state index in [9.17, 15) is 4.79 Å². The highest BCUT2D eigenvalue weighted by atomic mass is 16.5. The third-order valence-corrected chi connectivity index (χ3v) is 4.84. The van der Waals surface area contributed by atoms with Crippen LogP contribution in [0.3, 0.4) is 0 Å². The molecule has 0 radical (unpaired) electrons. The smallest absolute Gasteiger partial charge is 0.228 e. The van der Waals surface area contributed by atoms with Gasteiger partial charge in [-0.25, -0.2) is 0 Å². The number of carbonyl (C=O) groups is 1. The molecule has 3 saturated heterocycles. The van der Waals surface area contributed by atoms with Gasteiger partial charge in [-0.15, -0.1) is 0 Å². The number of hydrogen-bond acceptors (Lipinski definition) is 3. The largest absolute Gasteiger partial charge is 0.381 e. The van der Waals surface area contributed by atoms with Gasteiger partial charge in [-0.2, -0.15) is 0 Å². The molecule has 4 heteroatoms. The fraction of sp³-hybridized carbons (Fsp3) is 0.929. The summed E-state index contributed by atoms with van der Waals surface area (Å²) in [5.41, 5.74) is 0. The van der Waals surface area contributed by atoms with Crippen LogP contribution < -0.4 is 5.32 Å². The Kier molecular flexibility index (Phi) is 3.85. The molecular weight excluding hydrogens is 228 g/mol. The molecule has 3 atom stereocenters. The van der Waals surface area contributed by atoms with Crippen molar-refractivity contribution in [1.82, 2.24) is 10.2 Å². The van der Waals surface area contributed by atoms with Crippen LogP contribution in [0.25, 0.3) is 0 Å². The molecule has 3 aliphatic heterocycles. The molecule has 102 valence electrons. The van der Waals surface area contributed by atoms with Crippen molar-refractivity contribution in [3.05, 3.63) is 0 Å². The van der Waals surface area contributed by atoms with E-state index in [-0.39, 0.29) is 5.92 Å². The van der Waals surface area contributed by atoms with Crippen LogP contribution in [0, 0.1) is 17.8 Å². The second-order valence-electron chi connectivity index (χ2n) is 6.00. The Labute approximate surface area is 109 Å². The van der Waals surface area contributed by atoms with Crippen molar-refractivity contribution in [2.75, 3.05) is 39.4 Å². The van der Waals surface area contributed by atoms with Gasteiger partial charge in [0.1, 0.15) is 0 Å². The number of nitrogens with zero attached hydrogens (tertiary/aromatic N) is 1. The van der Waals surface area contributed by atoms with Gasteiger partial charge in [0.05, 0.1) is 12.5 Å². The Bertz CT molecular complexity index is 288. The van der Waals surface area contributed by atoms with E-state index in [0.29, 0.717) is 12.5 Å². The summed E-state index contributed by atoms with van der Waals surface area (Å²) in [5.74, 6) is 2.08. The summed E-state index contributed by atoms with van der Waals surface area (Å²) >= 11 is 0. The third kappa shape index (κ3) is 2.54. The number of nitrogens with one attached hydrogen (secondary N) is 1. The molecule has 0 aromatic heterocycles. The van der Waals surface area contributed by atoms with Crippen LogP contribution in [0.1, 0.15) is 25.7 Å². The normalized spacial score (nSPS) is 37.1. The first kappa shape index (κ1) is 12.4. The molecule has 18 heavy (non-hydrogen) atoms. The van der Waals surface area contributed by atoms with Gasteiger partial charge in [0.15, 0.2) is 0 Å². The average molecular weight is 252 g/mol. The number of carbonyl (C=O) groups excluding carboxylic acids is 1. The van der Waals surface area contributed by atoms with E-state index >= 15 is 0 Å². The van der Waals surface area contributed by atoms with Crippen molar-refractivity contribution in [2.45, 2.75) is 25.7 Å². The summed E-state index contributed by atoms with van der Waals surface area (Å²) in [6.07, 6.45) is 4.41. The molecule has 0 saturated carbocycles. The Morgan fingerprint density at radius 3 is 2.44 bits per heavy atom. The number of fused-ring (bicyclic) bond motifs is 1. The maximum absolute atomic E-state index is 12.5. The van der Waals surface area contributed by atoms with Crippen molar-refractivity contribution >= 4 is 5.91 Å². The first-order valence-corrected chi connectivity index (χ1v) is 7.42. The molecule has 0 bridgehead atoms. The molecule has 0 aromatic carbocycles. The standard InChI is InChI=1S/C14H24N2O2/c17-14(13-2-1-7-18-10-13)16-5-3-11-8-15-9-12(11)4-6-16/h11-13,15H,1-10H2/t11-,12+,13?. The third-order valence-electron chi connectivity index (χ3n) is 4.84. The Morgan fingerprint density at radius 2 is 1.83 bits per heavy atom. The van der Waals surface area contributed by atoms with Crippen LogP contribution in [0.15, 0.2) is 0 Å². The zero-order chi connectivity index (χ0) is 12.4. The first-order valence-electron chi connectivity index (χ1n) is 7.42. The van der Waals surface area contributed by atoms with Gasteiger partial charge in [-0.1, -0.05) is 0 Å². The highest BCUT2D eigenvalue weighted by Crippen LogP contribution is 2.28. The van der Waals surface area contributed by atoms with Gasteiger partial charge in [0.25, 0.3) is 0 Å². The average Bonchev–Trinajstić information content (AvgIpc) is 2.78. The topological polar surface area (TPSA) is 41.6 Å². The van der Waals surface area contributed by atoms with Crippen LogP contribution >= 0.6 is 0 Å². The maximum atomic E-state index is 12.5. The van der Waals surface area contributed by atoms with E-state index in [1.54, 1.807) is 0 Å². The zero-order valence-electron chi connectivity index (χ0n) is 11.1. The molecule has 3 fully saturated rings. The van der Waals surface area contributed by atoms with E-state index in [1.165, 1.54) is 12.8 Å². The first-order chi connectivity index (χ1) is 8.84. The van der Waals surface area contributed by atoms with Gasteiger partial charge in [0.2, 0.25) is 5.91 Å². The summed E-state index contributed by atoms with van der Waals surface area (Å²) in [6.45, 7) is 5.69. The molecule has 0 aliphatic carbocycles. The molecule has 3 heterocycles. The highest BCUT2D eigenvalue weighted by molar-refractivity contribution is 5.79. The van der Waals surface area contributed by atoms with E-state index < -0.39 is 0 Å². The minimum atomic E-state index is 0.134. The maximum Gasteiger partial charge on any atom is 0.228 e. The molecule has 3 rings (SSSR count). The van der Waals surface area contributed by atoms with Crippen LogP contribution in [0.4, 0.5) is 0 Å². The van der Waals surface area contributed by atoms with Crippen molar-refractivity contribution in [2.24, 2.45) is 17.8 Å². The van der Waals surface area contributed by atoms with Gasteiger partial charge >= 0.3 is 0 Å². The predicted octanol–water partition coefficient (Wildman–Crippen LogP) is 0.871. The van der Waals surface area contributed by atoms with E-state index in [0.717, 1.165) is 57.5 Å². The zero-order valence-corrected chi connectivity index (χ0v) is 11.1. The lowest BCUT2D eigenvalue weighted by Gasteiger charge is -2.28. The Balaban J connectivity index is 1.57. The van der Waals surface area contributed by atoms with E-state index in [1.807, 2.05) is 0 Å². The molecule has 0 spiro atoms. The summed E-state index contributed by atoms with van der Waals surface area (Å²) in [6, 6.07) is 0. The van der Waals surface area contributed by atoms with Gasteiger partial charge in [-0.05, 0) is 50.6 Å². The number of ether oxygens (including phenoxy) is 1. The Hall–Kier alpha value is -0.610. The number of amides is 1. The molecule has 1 N–H and O–H groups in total. The lowest BCUT2D eigenvalue weighted by atomic mass is 9.92. The van der Waals surface area contributed by atoms with Crippen LogP contribution in [-0.4, -0.2) is 50.2 Å². The van der Waals surface area contributed by atoms with Crippen molar-refractivity contribution < 1.29 is 9.53 Å². The highest BCUT2D eigenvalue weighted by Gasteiger charge is 2.33. The molecule has 4 nitrogen and oxygen atoms in total. The van der Waals surface area contributed by atoms with Gasteiger partial charge in [0, 0.05) is 19.7 Å². The second-order valence-corrected chi connectivity index (χ2v) is 6.00. The van der Waals surface area contributed by atoms with Gasteiger partial charge in [-0.3, -0.25) is 4.79 Å². The molecule has 1 unspecified atom stereocenters. The fourth-order valence-corrected chi connectivity index (χ4v) is 3.63. The lowest BCUT2D eigenvalue weighted by Crippen LogP contribution is -2.40. The van der Waals surface area contributed by atoms with Crippen molar-refractivity contribution in [3.8, 4) is 0 Å². The van der Waals surface area contributed by atoms with Crippen LogP contribution in [-0.2, 0) is 9.53 Å². The van der Waals surface area contributed by atoms with Crippen molar-refractivity contribution in [1.29, 1.82) is 0 Å². The summed E-state index contributed by atoms with van der Waals surface area (Å²) < 4.78 is 5.44. The number of rotatable bonds is 1. The molecule has 0 aromatic rings. The van der Waals surface area contributed by atoms with E-state index in [2.05, 4.69) is 10.2 Å². The second kappa shape index (κ2) is 5.57. The van der Waals surface area contributed by atoms with E-state index in [4.69, 9.17) is 4.74 Å². The minimum Gasteiger partial charge on any atom is -0.381 e. The summed E-state index contributed by atoms with van der Waals surface area (Å²) in [4.78, 5) is 14.6. The van der Waals surface area contributed by atoms with Crippen LogP contribution in [0.5, 0.6) is 0 Å². The quantitative estimate of drug-likeness (QED) is 0.753. The molecular formula is C14H24N2O2. The van der Waals surface area contributed by atoms with Gasteiger partial charge < -0.3 is 15.0 Å².